The third kappa shape index (κ3) is 2.57. The smallest absolute Gasteiger partial charge is 0.375 e. The quantitative estimate of drug-likeness (QED) is 0.746. The molecule has 0 fully saturated rings. The van der Waals surface area contributed by atoms with E-state index in [1.165, 1.54) is 10.7 Å². The number of aliphatic imine (C=N–C) groups is 1. The summed E-state index contributed by atoms with van der Waals surface area (Å²) < 4.78 is 15.9. The van der Waals surface area contributed by atoms with Crippen molar-refractivity contribution in [3.63, 3.8) is 0 Å². The highest BCUT2D eigenvalue weighted by Gasteiger charge is 2.28. The average Bonchev–Trinajstić information content (AvgIpc) is 3.02. The third-order valence-electron chi connectivity index (χ3n) is 4.09. The van der Waals surface area contributed by atoms with Crippen LogP contribution in [0.2, 0.25) is 5.02 Å². The van der Waals surface area contributed by atoms with Gasteiger partial charge in [-0.15, -0.1) is 5.10 Å². The fraction of sp³-hybridized carbons (Fsp3) is 0.111. The predicted molar refractivity (Wildman–Crippen MR) is 93.8 cm³/mol. The van der Waals surface area contributed by atoms with Crippen LogP contribution in [-0.2, 0) is 0 Å². The zero-order chi connectivity index (χ0) is 18.4. The maximum atomic E-state index is 14.4. The van der Waals surface area contributed by atoms with Gasteiger partial charge >= 0.3 is 5.97 Å². The molecule has 0 bridgehead atoms. The molecular formula is C18H12ClFN4O2. The summed E-state index contributed by atoms with van der Waals surface area (Å²) in [5, 5.41) is 13.7. The van der Waals surface area contributed by atoms with Crippen molar-refractivity contribution in [2.75, 3.05) is 0 Å². The van der Waals surface area contributed by atoms with Crippen LogP contribution >= 0.6 is 11.6 Å². The van der Waals surface area contributed by atoms with Gasteiger partial charge in [-0.25, -0.2) is 18.9 Å². The zero-order valence-corrected chi connectivity index (χ0v) is 14.3. The van der Waals surface area contributed by atoms with E-state index in [1.54, 1.807) is 43.3 Å². The van der Waals surface area contributed by atoms with Gasteiger partial charge in [0, 0.05) is 16.1 Å². The van der Waals surface area contributed by atoms with Crippen LogP contribution < -0.4 is 0 Å². The SMILES string of the molecule is CC1N=C(c2ccccc2F)c2cc(Cl)ccc2-n2nc(C(=O)O)nc21. The Morgan fingerprint density at radius 2 is 2.00 bits per heavy atom. The minimum atomic E-state index is -1.23. The van der Waals surface area contributed by atoms with Crippen LogP contribution in [-0.4, -0.2) is 31.6 Å². The van der Waals surface area contributed by atoms with Gasteiger partial charge in [0.25, 0.3) is 5.82 Å². The Balaban J connectivity index is 2.03. The van der Waals surface area contributed by atoms with Crippen LogP contribution in [0.25, 0.3) is 5.69 Å². The summed E-state index contributed by atoms with van der Waals surface area (Å²) in [7, 11) is 0. The van der Waals surface area contributed by atoms with Crippen LogP contribution in [0.3, 0.4) is 0 Å². The number of halogens is 2. The molecule has 2 aromatic carbocycles. The molecule has 4 rings (SSSR count). The van der Waals surface area contributed by atoms with E-state index in [1.807, 2.05) is 0 Å². The lowest BCUT2D eigenvalue weighted by molar-refractivity contribution is 0.0683. The minimum Gasteiger partial charge on any atom is -0.475 e. The van der Waals surface area contributed by atoms with Crippen molar-refractivity contribution >= 4 is 23.3 Å². The first-order valence-electron chi connectivity index (χ1n) is 7.79. The van der Waals surface area contributed by atoms with E-state index in [0.29, 0.717) is 33.4 Å². The first-order valence-corrected chi connectivity index (χ1v) is 8.16. The van der Waals surface area contributed by atoms with Gasteiger partial charge in [0.2, 0.25) is 0 Å². The van der Waals surface area contributed by atoms with Crippen LogP contribution in [0, 0.1) is 5.82 Å². The molecule has 0 aliphatic carbocycles. The molecule has 6 nitrogen and oxygen atoms in total. The second-order valence-corrected chi connectivity index (χ2v) is 6.24. The van der Waals surface area contributed by atoms with Crippen molar-refractivity contribution in [3.05, 3.63) is 76.1 Å². The van der Waals surface area contributed by atoms with Gasteiger partial charge in [0.05, 0.1) is 11.4 Å². The number of rotatable bonds is 2. The van der Waals surface area contributed by atoms with E-state index < -0.39 is 17.8 Å². The summed E-state index contributed by atoms with van der Waals surface area (Å²) in [4.78, 5) is 19.9. The fourth-order valence-corrected chi connectivity index (χ4v) is 3.11. The Kier molecular flexibility index (Phi) is 3.81. The van der Waals surface area contributed by atoms with Gasteiger partial charge in [-0.3, -0.25) is 4.99 Å². The van der Waals surface area contributed by atoms with Crippen LogP contribution in [0.5, 0.6) is 0 Å². The van der Waals surface area contributed by atoms with Crippen molar-refractivity contribution < 1.29 is 14.3 Å². The number of aromatic nitrogens is 3. The van der Waals surface area contributed by atoms with Crippen molar-refractivity contribution in [2.45, 2.75) is 13.0 Å². The van der Waals surface area contributed by atoms with E-state index >= 15 is 0 Å². The number of hydrogen-bond acceptors (Lipinski definition) is 4. The van der Waals surface area contributed by atoms with E-state index in [0.717, 1.165) is 0 Å². The summed E-state index contributed by atoms with van der Waals surface area (Å²) in [5.41, 5.74) is 1.83. The molecule has 1 aromatic heterocycles. The molecular weight excluding hydrogens is 359 g/mol. The van der Waals surface area contributed by atoms with Crippen LogP contribution in [0.1, 0.15) is 40.5 Å². The Morgan fingerprint density at radius 3 is 2.73 bits per heavy atom. The first-order chi connectivity index (χ1) is 12.5. The lowest BCUT2D eigenvalue weighted by Gasteiger charge is -2.11. The molecule has 1 aliphatic rings. The topological polar surface area (TPSA) is 80.4 Å². The second-order valence-electron chi connectivity index (χ2n) is 5.81. The van der Waals surface area contributed by atoms with Gasteiger partial charge in [-0.2, -0.15) is 0 Å². The van der Waals surface area contributed by atoms with E-state index in [9.17, 15) is 14.3 Å². The van der Waals surface area contributed by atoms with Gasteiger partial charge in [0.1, 0.15) is 11.9 Å². The van der Waals surface area contributed by atoms with Gasteiger partial charge in [-0.1, -0.05) is 23.7 Å². The largest absolute Gasteiger partial charge is 0.475 e. The van der Waals surface area contributed by atoms with E-state index in [-0.39, 0.29) is 5.82 Å². The summed E-state index contributed by atoms with van der Waals surface area (Å²) in [6.45, 7) is 1.75. The minimum absolute atomic E-state index is 0.322. The van der Waals surface area contributed by atoms with Crippen molar-refractivity contribution in [1.29, 1.82) is 0 Å². The normalized spacial score (nSPS) is 15.7. The Labute approximate surface area is 152 Å². The molecule has 0 radical (unpaired) electrons. The molecule has 26 heavy (non-hydrogen) atoms. The summed E-state index contributed by atoms with van der Waals surface area (Å²) >= 11 is 6.15. The van der Waals surface area contributed by atoms with Gasteiger partial charge in [-0.05, 0) is 37.3 Å². The zero-order valence-electron chi connectivity index (χ0n) is 13.5. The first kappa shape index (κ1) is 16.4. The molecule has 130 valence electrons. The van der Waals surface area contributed by atoms with Crippen molar-refractivity contribution in [3.8, 4) is 5.69 Å². The van der Waals surface area contributed by atoms with Gasteiger partial charge < -0.3 is 5.11 Å². The third-order valence-corrected chi connectivity index (χ3v) is 4.33. The summed E-state index contributed by atoms with van der Waals surface area (Å²) in [6.07, 6.45) is 0. The Morgan fingerprint density at radius 1 is 1.23 bits per heavy atom. The highest BCUT2D eigenvalue weighted by molar-refractivity contribution is 6.31. The molecule has 8 heteroatoms. The Bertz CT molecular complexity index is 1080. The maximum Gasteiger partial charge on any atom is 0.375 e. The molecule has 3 aromatic rings. The number of carboxylic acid groups (broad SMARTS) is 1. The monoisotopic (exact) mass is 370 g/mol. The molecule has 1 aliphatic heterocycles. The molecule has 0 saturated carbocycles. The number of carboxylic acids is 1. The average molecular weight is 371 g/mol. The van der Waals surface area contributed by atoms with Crippen molar-refractivity contribution in [1.82, 2.24) is 14.8 Å². The molecule has 0 amide bonds. The number of carbonyl (C=O) groups is 1. The second kappa shape index (κ2) is 6.03. The van der Waals surface area contributed by atoms with Gasteiger partial charge in [0.15, 0.2) is 5.82 Å². The lowest BCUT2D eigenvalue weighted by Crippen LogP contribution is -2.10. The Hall–Kier alpha value is -3.06. The number of fused-ring (bicyclic) bond motifs is 3. The van der Waals surface area contributed by atoms with Crippen molar-refractivity contribution in [2.24, 2.45) is 4.99 Å². The number of nitrogens with zero attached hydrogens (tertiary/aromatic N) is 4. The molecule has 1 unspecified atom stereocenters. The molecule has 0 spiro atoms. The maximum absolute atomic E-state index is 14.4. The molecule has 0 saturated heterocycles. The van der Waals surface area contributed by atoms with E-state index in [4.69, 9.17) is 11.6 Å². The molecule has 2 heterocycles. The fourth-order valence-electron chi connectivity index (χ4n) is 2.93. The molecule has 1 N–H and O–H groups in total. The summed E-state index contributed by atoms with van der Waals surface area (Å²) in [6, 6.07) is 10.8. The highest BCUT2D eigenvalue weighted by atomic mass is 35.5. The summed E-state index contributed by atoms with van der Waals surface area (Å²) in [5.74, 6) is -1.61. The highest BCUT2D eigenvalue weighted by Crippen LogP contribution is 2.31. The van der Waals surface area contributed by atoms with E-state index in [2.05, 4.69) is 15.1 Å². The number of hydrogen-bond donors (Lipinski definition) is 1. The number of aromatic carboxylic acids is 1. The lowest BCUT2D eigenvalue weighted by atomic mass is 10.00. The predicted octanol–water partition coefficient (Wildman–Crippen LogP) is 3.67. The number of benzene rings is 2. The standard InChI is InChI=1S/C18H12ClFN4O2/c1-9-17-22-16(18(25)26)23-24(17)14-7-6-10(19)8-12(14)15(21-9)11-4-2-3-5-13(11)20/h2-9H,1H3,(H,25,26). The molecule has 1 atom stereocenters. The van der Waals surface area contributed by atoms with Crippen LogP contribution in [0.4, 0.5) is 4.39 Å². The van der Waals surface area contributed by atoms with Crippen LogP contribution in [0.15, 0.2) is 47.5 Å².